The number of aliphatic hydroxyl groups excluding tert-OH is 1. The highest BCUT2D eigenvalue weighted by molar-refractivity contribution is 5.82. The topological polar surface area (TPSA) is 118 Å². The summed E-state index contributed by atoms with van der Waals surface area (Å²) in [4.78, 5) is 14.1. The Morgan fingerprint density at radius 2 is 2.19 bits per heavy atom. The summed E-state index contributed by atoms with van der Waals surface area (Å²) in [5, 5.41) is 28.1. The molecule has 0 aliphatic carbocycles. The molecule has 1 aromatic rings. The quantitative estimate of drug-likeness (QED) is 0.781. The molecule has 3 rings (SSSR count). The Labute approximate surface area is 152 Å². The first kappa shape index (κ1) is 18.3. The zero-order valence-electron chi connectivity index (χ0n) is 14.7. The number of amides is 1. The van der Waals surface area contributed by atoms with Gasteiger partial charge in [0.15, 0.2) is 0 Å². The Balaban J connectivity index is 1.57. The van der Waals surface area contributed by atoms with Crippen LogP contribution in [0.5, 0.6) is 0 Å². The molecule has 0 spiro atoms. The van der Waals surface area contributed by atoms with Gasteiger partial charge in [0.1, 0.15) is 12.1 Å². The first-order chi connectivity index (χ1) is 12.6. The second kappa shape index (κ2) is 8.25. The maximum Gasteiger partial charge on any atom is 0.240 e. The van der Waals surface area contributed by atoms with E-state index in [1.807, 2.05) is 24.3 Å². The van der Waals surface area contributed by atoms with Crippen LogP contribution in [0, 0.1) is 11.3 Å². The van der Waals surface area contributed by atoms with Crippen molar-refractivity contribution in [3.05, 3.63) is 35.4 Å². The van der Waals surface area contributed by atoms with Crippen LogP contribution in [0.4, 0.5) is 0 Å². The zero-order chi connectivity index (χ0) is 18.5. The standard InChI is InChI=1S/C18H24N6O2/c19-11-15-2-1-7-24(15)18(26)16(20)10-13-3-5-14(6-4-13)17-12-23(8-9-25)22-21-17/h3-6,15-17,25H,1-2,7-10,12,20H2/t15-,16-,17?/m0/s1. The number of hydrogen-bond donors (Lipinski definition) is 2. The number of rotatable bonds is 6. The minimum Gasteiger partial charge on any atom is -0.394 e. The van der Waals surface area contributed by atoms with Crippen LogP contribution in [0.3, 0.4) is 0 Å². The highest BCUT2D eigenvalue weighted by Gasteiger charge is 2.31. The number of nitrogens with two attached hydrogens (primary N) is 1. The van der Waals surface area contributed by atoms with Crippen molar-refractivity contribution < 1.29 is 9.90 Å². The van der Waals surface area contributed by atoms with Crippen molar-refractivity contribution in [1.29, 1.82) is 5.26 Å². The number of carbonyl (C=O) groups is 1. The van der Waals surface area contributed by atoms with Gasteiger partial charge in [0, 0.05) is 6.54 Å². The lowest BCUT2D eigenvalue weighted by Gasteiger charge is -2.23. The predicted molar refractivity (Wildman–Crippen MR) is 94.7 cm³/mol. The van der Waals surface area contributed by atoms with Crippen molar-refractivity contribution in [2.75, 3.05) is 26.2 Å². The first-order valence-corrected chi connectivity index (χ1v) is 8.93. The largest absolute Gasteiger partial charge is 0.394 e. The molecule has 1 fully saturated rings. The highest BCUT2D eigenvalue weighted by atomic mass is 16.3. The molecular formula is C18H24N6O2. The zero-order valence-corrected chi connectivity index (χ0v) is 14.7. The van der Waals surface area contributed by atoms with Gasteiger partial charge in [-0.2, -0.15) is 10.4 Å². The van der Waals surface area contributed by atoms with E-state index in [2.05, 4.69) is 16.4 Å². The van der Waals surface area contributed by atoms with Crippen LogP contribution < -0.4 is 5.73 Å². The normalized spacial score (nSPS) is 23.3. The smallest absolute Gasteiger partial charge is 0.240 e. The number of carbonyl (C=O) groups excluding carboxylic acids is 1. The average Bonchev–Trinajstić information content (AvgIpc) is 3.31. The molecule has 3 N–H and O–H groups in total. The molecule has 0 aromatic heterocycles. The fraction of sp³-hybridized carbons (Fsp3) is 0.556. The summed E-state index contributed by atoms with van der Waals surface area (Å²) < 4.78 is 0. The van der Waals surface area contributed by atoms with Crippen LogP contribution in [0.2, 0.25) is 0 Å². The molecule has 138 valence electrons. The maximum absolute atomic E-state index is 12.5. The van der Waals surface area contributed by atoms with Gasteiger partial charge in [-0.3, -0.25) is 9.80 Å². The Morgan fingerprint density at radius 1 is 1.42 bits per heavy atom. The number of nitrogens with zero attached hydrogens (tertiary/aromatic N) is 5. The number of hydrogen-bond acceptors (Lipinski definition) is 7. The van der Waals surface area contributed by atoms with Crippen molar-refractivity contribution in [2.24, 2.45) is 16.1 Å². The number of likely N-dealkylation sites (tertiary alicyclic amines) is 1. The van der Waals surface area contributed by atoms with Gasteiger partial charge in [0.25, 0.3) is 0 Å². The molecule has 0 saturated carbocycles. The van der Waals surface area contributed by atoms with Gasteiger partial charge < -0.3 is 15.7 Å². The first-order valence-electron chi connectivity index (χ1n) is 8.93. The van der Waals surface area contributed by atoms with E-state index in [4.69, 9.17) is 16.1 Å². The summed E-state index contributed by atoms with van der Waals surface area (Å²) in [6, 6.07) is 9.03. The van der Waals surface area contributed by atoms with Crippen LogP contribution in [0.1, 0.15) is 30.0 Å². The van der Waals surface area contributed by atoms with Crippen LogP contribution in [-0.4, -0.2) is 59.2 Å². The molecule has 1 unspecified atom stereocenters. The van der Waals surface area contributed by atoms with Gasteiger partial charge in [0.05, 0.1) is 31.8 Å². The molecule has 2 aliphatic heterocycles. The van der Waals surface area contributed by atoms with Crippen LogP contribution in [0.15, 0.2) is 34.6 Å². The SMILES string of the molecule is N#C[C@@H]1CCCN1C(=O)[C@@H](N)Cc1ccc(C2CN(CCO)N=N2)cc1. The molecule has 2 heterocycles. The van der Waals surface area contributed by atoms with E-state index >= 15 is 0 Å². The van der Waals surface area contributed by atoms with Crippen LogP contribution in [-0.2, 0) is 11.2 Å². The predicted octanol–water partition coefficient (Wildman–Crippen LogP) is 0.787. The van der Waals surface area contributed by atoms with Gasteiger partial charge >= 0.3 is 0 Å². The van der Waals surface area contributed by atoms with Gasteiger partial charge in [-0.25, -0.2) is 0 Å². The van der Waals surface area contributed by atoms with Crippen LogP contribution >= 0.6 is 0 Å². The Hall–Kier alpha value is -2.50. The number of aliphatic hydroxyl groups is 1. The molecule has 1 saturated heterocycles. The average molecular weight is 356 g/mol. The fourth-order valence-corrected chi connectivity index (χ4v) is 3.43. The molecule has 26 heavy (non-hydrogen) atoms. The number of nitriles is 1. The molecule has 8 nitrogen and oxygen atoms in total. The molecule has 2 aliphatic rings. The summed E-state index contributed by atoms with van der Waals surface area (Å²) in [5.74, 6) is -0.151. The highest BCUT2D eigenvalue weighted by Crippen LogP contribution is 2.25. The summed E-state index contributed by atoms with van der Waals surface area (Å²) >= 11 is 0. The minimum atomic E-state index is -0.638. The van der Waals surface area contributed by atoms with Crippen molar-refractivity contribution in [1.82, 2.24) is 9.91 Å². The van der Waals surface area contributed by atoms with E-state index in [-0.39, 0.29) is 24.6 Å². The van der Waals surface area contributed by atoms with E-state index in [9.17, 15) is 4.79 Å². The van der Waals surface area contributed by atoms with E-state index < -0.39 is 6.04 Å². The van der Waals surface area contributed by atoms with Gasteiger partial charge in [-0.1, -0.05) is 29.5 Å². The minimum absolute atomic E-state index is 0.0353. The fourth-order valence-electron chi connectivity index (χ4n) is 3.43. The Bertz CT molecular complexity index is 699. The van der Waals surface area contributed by atoms with Gasteiger partial charge in [-0.15, -0.1) is 0 Å². The van der Waals surface area contributed by atoms with Crippen molar-refractivity contribution in [3.8, 4) is 6.07 Å². The summed E-state index contributed by atoms with van der Waals surface area (Å²) in [7, 11) is 0. The van der Waals surface area contributed by atoms with Crippen molar-refractivity contribution in [2.45, 2.75) is 37.4 Å². The second-order valence-corrected chi connectivity index (χ2v) is 6.73. The third-order valence-corrected chi connectivity index (χ3v) is 4.88. The van der Waals surface area contributed by atoms with E-state index in [1.54, 1.807) is 9.91 Å². The van der Waals surface area contributed by atoms with Gasteiger partial charge in [-0.05, 0) is 30.4 Å². The van der Waals surface area contributed by atoms with E-state index in [1.165, 1.54) is 0 Å². The van der Waals surface area contributed by atoms with Crippen molar-refractivity contribution >= 4 is 5.91 Å². The molecule has 0 radical (unpaired) electrons. The van der Waals surface area contributed by atoms with Gasteiger partial charge in [0.2, 0.25) is 5.91 Å². The molecular weight excluding hydrogens is 332 g/mol. The Kier molecular flexibility index (Phi) is 5.81. The monoisotopic (exact) mass is 356 g/mol. The third kappa shape index (κ3) is 4.00. The molecule has 1 aromatic carbocycles. The molecule has 3 atom stereocenters. The van der Waals surface area contributed by atoms with E-state index in [0.29, 0.717) is 26.1 Å². The number of β-amino-alcohol motifs (C(OH)–C–C–N with tert-alkyl or cyclic N) is 1. The molecule has 1 amide bonds. The molecule has 8 heteroatoms. The maximum atomic E-state index is 12.5. The number of benzene rings is 1. The van der Waals surface area contributed by atoms with Crippen LogP contribution in [0.25, 0.3) is 0 Å². The lowest BCUT2D eigenvalue weighted by Crippen LogP contribution is -2.46. The lowest BCUT2D eigenvalue weighted by atomic mass is 10.0. The lowest BCUT2D eigenvalue weighted by molar-refractivity contribution is -0.132. The second-order valence-electron chi connectivity index (χ2n) is 6.73. The summed E-state index contributed by atoms with van der Waals surface area (Å²) in [5.41, 5.74) is 8.11. The summed E-state index contributed by atoms with van der Waals surface area (Å²) in [6.07, 6.45) is 2.03. The molecule has 0 bridgehead atoms. The van der Waals surface area contributed by atoms with Crippen molar-refractivity contribution in [3.63, 3.8) is 0 Å². The summed E-state index contributed by atoms with van der Waals surface area (Å²) in [6.45, 7) is 1.80. The van der Waals surface area contributed by atoms with E-state index in [0.717, 1.165) is 24.0 Å². The Morgan fingerprint density at radius 3 is 2.88 bits per heavy atom. The third-order valence-electron chi connectivity index (χ3n) is 4.88.